The third-order valence-corrected chi connectivity index (χ3v) is 11.5. The first-order valence-corrected chi connectivity index (χ1v) is 18.9. The predicted molar refractivity (Wildman–Crippen MR) is 229 cm³/mol. The molecule has 0 unspecified atom stereocenters. The molecule has 10 aromatic rings. The van der Waals surface area contributed by atoms with Crippen LogP contribution in [0.3, 0.4) is 0 Å². The van der Waals surface area contributed by atoms with Crippen molar-refractivity contribution in [1.29, 1.82) is 0 Å². The Balaban J connectivity index is 1.17. The standard InChI is InChI=1S/C53H35NO/c1-3-18-38(19-4-1)53(39-20-5-2-6-21-39)46-27-11-9-24-45(46)51-47(53)28-15-30-49(51)54(48-29-13-17-36-16-7-8-22-41(36)48)40-34-32-37(33-35-40)42-25-14-26-44-43-23-10-12-31-50(43)55-52(42)44/h1-35H. The summed E-state index contributed by atoms with van der Waals surface area (Å²) in [7, 11) is 0. The van der Waals surface area contributed by atoms with Gasteiger partial charge >= 0.3 is 0 Å². The molecule has 0 bridgehead atoms. The highest BCUT2D eigenvalue weighted by molar-refractivity contribution is 6.10. The van der Waals surface area contributed by atoms with E-state index in [1.165, 1.54) is 44.2 Å². The van der Waals surface area contributed by atoms with Gasteiger partial charge in [-0.25, -0.2) is 0 Å². The van der Waals surface area contributed by atoms with Crippen LogP contribution in [0.2, 0.25) is 0 Å². The van der Waals surface area contributed by atoms with E-state index in [-0.39, 0.29) is 0 Å². The van der Waals surface area contributed by atoms with E-state index in [0.717, 1.165) is 50.1 Å². The van der Waals surface area contributed by atoms with Crippen LogP contribution < -0.4 is 4.90 Å². The van der Waals surface area contributed by atoms with Crippen molar-refractivity contribution < 1.29 is 4.42 Å². The van der Waals surface area contributed by atoms with Gasteiger partial charge in [0.2, 0.25) is 0 Å². The molecule has 9 aromatic carbocycles. The smallest absolute Gasteiger partial charge is 0.143 e. The minimum atomic E-state index is -0.496. The second-order valence-corrected chi connectivity index (χ2v) is 14.4. The summed E-state index contributed by atoms with van der Waals surface area (Å²) < 4.78 is 6.47. The van der Waals surface area contributed by atoms with E-state index in [9.17, 15) is 0 Å². The van der Waals surface area contributed by atoms with Gasteiger partial charge in [0, 0.05) is 33.0 Å². The summed E-state index contributed by atoms with van der Waals surface area (Å²) in [6.45, 7) is 0. The van der Waals surface area contributed by atoms with Crippen LogP contribution in [0.15, 0.2) is 217 Å². The minimum absolute atomic E-state index is 0.496. The Morgan fingerprint density at radius 1 is 0.382 bits per heavy atom. The van der Waals surface area contributed by atoms with Crippen molar-refractivity contribution >= 4 is 49.8 Å². The van der Waals surface area contributed by atoms with Gasteiger partial charge in [-0.2, -0.15) is 0 Å². The molecule has 0 N–H and O–H groups in total. The molecule has 2 heteroatoms. The highest BCUT2D eigenvalue weighted by Crippen LogP contribution is 2.59. The zero-order valence-electron chi connectivity index (χ0n) is 30.1. The Labute approximate surface area is 320 Å². The molecule has 0 fully saturated rings. The van der Waals surface area contributed by atoms with Gasteiger partial charge in [0.05, 0.1) is 16.8 Å². The molecule has 2 nitrogen and oxygen atoms in total. The average molecular weight is 702 g/mol. The molecule has 1 aliphatic carbocycles. The average Bonchev–Trinajstić information content (AvgIpc) is 3.79. The summed E-state index contributed by atoms with van der Waals surface area (Å²) in [6, 6.07) is 77.0. The van der Waals surface area contributed by atoms with Crippen LogP contribution in [-0.4, -0.2) is 0 Å². The van der Waals surface area contributed by atoms with Crippen LogP contribution in [0, 0.1) is 0 Å². The Morgan fingerprint density at radius 2 is 0.945 bits per heavy atom. The number of nitrogens with zero attached hydrogens (tertiary/aromatic N) is 1. The van der Waals surface area contributed by atoms with Gasteiger partial charge in [0.25, 0.3) is 0 Å². The first kappa shape index (κ1) is 31.4. The fourth-order valence-electron chi connectivity index (χ4n) is 9.24. The summed E-state index contributed by atoms with van der Waals surface area (Å²) in [5, 5.41) is 4.67. The summed E-state index contributed by atoms with van der Waals surface area (Å²) in [4.78, 5) is 2.47. The van der Waals surface area contributed by atoms with Gasteiger partial charge in [-0.1, -0.05) is 182 Å². The molecule has 0 radical (unpaired) electrons. The molecular weight excluding hydrogens is 667 g/mol. The largest absolute Gasteiger partial charge is 0.455 e. The lowest BCUT2D eigenvalue weighted by Crippen LogP contribution is -2.28. The van der Waals surface area contributed by atoms with E-state index >= 15 is 0 Å². The SMILES string of the molecule is c1ccc(C2(c3ccccc3)c3ccccc3-c3c(N(c4ccc(-c5cccc6c5oc5ccccc56)cc4)c4cccc5ccccc45)cccc32)cc1. The third-order valence-electron chi connectivity index (χ3n) is 11.5. The molecule has 1 aromatic heterocycles. The van der Waals surface area contributed by atoms with Gasteiger partial charge in [-0.05, 0) is 69.1 Å². The molecule has 1 heterocycles. The van der Waals surface area contributed by atoms with Crippen LogP contribution in [0.25, 0.3) is 55.0 Å². The fourth-order valence-corrected chi connectivity index (χ4v) is 9.24. The number of rotatable bonds is 6. The zero-order valence-corrected chi connectivity index (χ0v) is 30.1. The number of benzene rings is 9. The molecule has 1 aliphatic rings. The van der Waals surface area contributed by atoms with E-state index in [2.05, 4.69) is 205 Å². The van der Waals surface area contributed by atoms with Crippen molar-refractivity contribution in [1.82, 2.24) is 0 Å². The normalized spacial score (nSPS) is 12.9. The monoisotopic (exact) mass is 701 g/mol. The Hall–Kier alpha value is -7.16. The maximum atomic E-state index is 6.47. The number of para-hydroxylation sites is 2. The number of anilines is 3. The maximum absolute atomic E-state index is 6.47. The molecular formula is C53H35NO. The van der Waals surface area contributed by atoms with Crippen molar-refractivity contribution in [2.45, 2.75) is 5.41 Å². The van der Waals surface area contributed by atoms with E-state index in [1.54, 1.807) is 0 Å². The van der Waals surface area contributed by atoms with Gasteiger partial charge in [-0.15, -0.1) is 0 Å². The fraction of sp³-hybridized carbons (Fsp3) is 0.0189. The van der Waals surface area contributed by atoms with Gasteiger partial charge in [0.1, 0.15) is 11.2 Å². The highest BCUT2D eigenvalue weighted by Gasteiger charge is 2.47. The molecule has 0 atom stereocenters. The van der Waals surface area contributed by atoms with Crippen LogP contribution >= 0.6 is 0 Å². The Morgan fingerprint density at radius 3 is 1.75 bits per heavy atom. The predicted octanol–water partition coefficient (Wildman–Crippen LogP) is 14.2. The molecule has 11 rings (SSSR count). The lowest BCUT2D eigenvalue weighted by Gasteiger charge is -2.34. The quantitative estimate of drug-likeness (QED) is 0.172. The maximum Gasteiger partial charge on any atom is 0.143 e. The molecule has 0 spiro atoms. The molecule has 0 amide bonds. The Bertz CT molecular complexity index is 2990. The number of hydrogen-bond donors (Lipinski definition) is 0. The molecule has 0 saturated heterocycles. The van der Waals surface area contributed by atoms with E-state index in [1.807, 2.05) is 12.1 Å². The van der Waals surface area contributed by atoms with Gasteiger partial charge in [0.15, 0.2) is 0 Å². The van der Waals surface area contributed by atoms with Crippen molar-refractivity contribution in [3.8, 4) is 22.3 Å². The second-order valence-electron chi connectivity index (χ2n) is 14.4. The van der Waals surface area contributed by atoms with Crippen LogP contribution in [0.1, 0.15) is 22.3 Å². The number of fused-ring (bicyclic) bond motifs is 7. The Kier molecular flexibility index (Phi) is 7.11. The van der Waals surface area contributed by atoms with Crippen molar-refractivity contribution in [2.75, 3.05) is 4.90 Å². The summed E-state index contributed by atoms with van der Waals surface area (Å²) in [5.74, 6) is 0. The molecule has 0 aliphatic heterocycles. The van der Waals surface area contributed by atoms with E-state index in [0.29, 0.717) is 0 Å². The van der Waals surface area contributed by atoms with Crippen molar-refractivity contribution in [3.05, 3.63) is 235 Å². The third kappa shape index (κ3) is 4.68. The molecule has 55 heavy (non-hydrogen) atoms. The van der Waals surface area contributed by atoms with E-state index in [4.69, 9.17) is 4.42 Å². The van der Waals surface area contributed by atoms with Crippen LogP contribution in [-0.2, 0) is 5.41 Å². The van der Waals surface area contributed by atoms with Gasteiger partial charge in [-0.3, -0.25) is 0 Å². The lowest BCUT2D eigenvalue weighted by atomic mass is 9.68. The first-order valence-electron chi connectivity index (χ1n) is 18.9. The highest BCUT2D eigenvalue weighted by atomic mass is 16.3. The van der Waals surface area contributed by atoms with Crippen LogP contribution in [0.4, 0.5) is 17.1 Å². The van der Waals surface area contributed by atoms with Crippen LogP contribution in [0.5, 0.6) is 0 Å². The first-order chi connectivity index (χ1) is 27.3. The second kappa shape index (κ2) is 12.5. The zero-order chi connectivity index (χ0) is 36.3. The summed E-state index contributed by atoms with van der Waals surface area (Å²) >= 11 is 0. The summed E-state index contributed by atoms with van der Waals surface area (Å²) in [5.41, 5.74) is 14.5. The summed E-state index contributed by atoms with van der Waals surface area (Å²) in [6.07, 6.45) is 0. The molecule has 0 saturated carbocycles. The molecule has 258 valence electrons. The number of furan rings is 1. The number of hydrogen-bond acceptors (Lipinski definition) is 2. The topological polar surface area (TPSA) is 16.4 Å². The minimum Gasteiger partial charge on any atom is -0.455 e. The van der Waals surface area contributed by atoms with Gasteiger partial charge < -0.3 is 9.32 Å². The van der Waals surface area contributed by atoms with Crippen molar-refractivity contribution in [2.24, 2.45) is 0 Å². The lowest BCUT2D eigenvalue weighted by molar-refractivity contribution is 0.670. The van der Waals surface area contributed by atoms with Crippen molar-refractivity contribution in [3.63, 3.8) is 0 Å². The van der Waals surface area contributed by atoms with E-state index < -0.39 is 5.41 Å².